The summed E-state index contributed by atoms with van der Waals surface area (Å²) < 4.78 is 0. The third kappa shape index (κ3) is 5.14. The van der Waals surface area contributed by atoms with Gasteiger partial charge in [0, 0.05) is 12.0 Å². The van der Waals surface area contributed by atoms with Crippen LogP contribution in [-0.4, -0.2) is 12.3 Å². The molecule has 1 aromatic carbocycles. The summed E-state index contributed by atoms with van der Waals surface area (Å²) in [4.78, 5) is 11.9. The summed E-state index contributed by atoms with van der Waals surface area (Å²) in [5.74, 6) is 0.264. The lowest BCUT2D eigenvalue weighted by molar-refractivity contribution is 0.0979. The summed E-state index contributed by atoms with van der Waals surface area (Å²) in [5.41, 5.74) is 7.55. The zero-order valence-electron chi connectivity index (χ0n) is 10.7. The quantitative estimate of drug-likeness (QED) is 0.553. The molecule has 0 saturated heterocycles. The van der Waals surface area contributed by atoms with Gasteiger partial charge in [0.2, 0.25) is 0 Å². The molecule has 2 nitrogen and oxygen atoms in total. The highest BCUT2D eigenvalue weighted by molar-refractivity contribution is 5.96. The number of aryl methyl sites for hydroxylation is 1. The van der Waals surface area contributed by atoms with Crippen molar-refractivity contribution in [1.82, 2.24) is 0 Å². The maximum Gasteiger partial charge on any atom is 0.162 e. The van der Waals surface area contributed by atoms with Gasteiger partial charge in [-0.15, -0.1) is 0 Å². The molecule has 94 valence electrons. The summed E-state index contributed by atoms with van der Waals surface area (Å²) in [7, 11) is 0. The van der Waals surface area contributed by atoms with E-state index in [4.69, 9.17) is 5.73 Å². The Morgan fingerprint density at radius 2 is 2.06 bits per heavy atom. The van der Waals surface area contributed by atoms with Crippen LogP contribution in [-0.2, 0) is 6.42 Å². The third-order valence-electron chi connectivity index (χ3n) is 2.90. The monoisotopic (exact) mass is 233 g/mol. The summed E-state index contributed by atoms with van der Waals surface area (Å²) >= 11 is 0. The van der Waals surface area contributed by atoms with E-state index >= 15 is 0 Å². The van der Waals surface area contributed by atoms with Crippen LogP contribution in [0.3, 0.4) is 0 Å². The number of rotatable bonds is 8. The highest BCUT2D eigenvalue weighted by Crippen LogP contribution is 2.11. The number of Topliss-reactive ketones (excluding diaryl/α,β-unsaturated/α-hetero) is 1. The molecule has 0 spiro atoms. The zero-order valence-corrected chi connectivity index (χ0v) is 10.7. The molecule has 0 aromatic heterocycles. The molecule has 0 heterocycles. The van der Waals surface area contributed by atoms with Gasteiger partial charge in [-0.05, 0) is 37.4 Å². The number of carbonyl (C=O) groups is 1. The SMILES string of the molecule is CCCc1cccc(C(=O)CCCCCN)c1. The van der Waals surface area contributed by atoms with Crippen molar-refractivity contribution >= 4 is 5.78 Å². The second-order valence-corrected chi connectivity index (χ2v) is 4.47. The highest BCUT2D eigenvalue weighted by atomic mass is 16.1. The highest BCUT2D eigenvalue weighted by Gasteiger charge is 2.05. The molecule has 0 bridgehead atoms. The minimum atomic E-state index is 0.264. The van der Waals surface area contributed by atoms with Crippen LogP contribution in [0.1, 0.15) is 54.9 Å². The lowest BCUT2D eigenvalue weighted by Gasteiger charge is -2.04. The van der Waals surface area contributed by atoms with E-state index in [1.807, 2.05) is 18.2 Å². The standard InChI is InChI=1S/C15H23NO/c1-2-7-13-8-6-9-14(12-13)15(17)10-4-3-5-11-16/h6,8-9,12H,2-5,7,10-11,16H2,1H3. The fourth-order valence-electron chi connectivity index (χ4n) is 1.94. The molecule has 0 unspecified atom stereocenters. The molecular weight excluding hydrogens is 210 g/mol. The van der Waals surface area contributed by atoms with Crippen LogP contribution >= 0.6 is 0 Å². The van der Waals surface area contributed by atoms with E-state index in [0.29, 0.717) is 6.42 Å². The molecule has 17 heavy (non-hydrogen) atoms. The Hall–Kier alpha value is -1.15. The first-order valence-corrected chi connectivity index (χ1v) is 6.60. The predicted molar refractivity (Wildman–Crippen MR) is 72.3 cm³/mol. The van der Waals surface area contributed by atoms with E-state index in [1.165, 1.54) is 5.56 Å². The number of hydrogen-bond acceptors (Lipinski definition) is 2. The summed E-state index contributed by atoms with van der Waals surface area (Å²) in [5, 5.41) is 0. The predicted octanol–water partition coefficient (Wildman–Crippen LogP) is 3.34. The number of benzene rings is 1. The average molecular weight is 233 g/mol. The van der Waals surface area contributed by atoms with E-state index < -0.39 is 0 Å². The Kier molecular flexibility index (Phi) is 6.56. The Morgan fingerprint density at radius 1 is 1.24 bits per heavy atom. The maximum absolute atomic E-state index is 11.9. The van der Waals surface area contributed by atoms with Crippen LogP contribution in [0.5, 0.6) is 0 Å². The number of ketones is 1. The lowest BCUT2D eigenvalue weighted by Crippen LogP contribution is -2.02. The van der Waals surface area contributed by atoms with Crippen LogP contribution < -0.4 is 5.73 Å². The van der Waals surface area contributed by atoms with E-state index in [-0.39, 0.29) is 5.78 Å². The van der Waals surface area contributed by atoms with Gasteiger partial charge in [-0.1, -0.05) is 38.0 Å². The molecule has 0 amide bonds. The van der Waals surface area contributed by atoms with Gasteiger partial charge in [-0.3, -0.25) is 4.79 Å². The van der Waals surface area contributed by atoms with Crippen LogP contribution in [0.15, 0.2) is 24.3 Å². The number of carbonyl (C=O) groups excluding carboxylic acids is 1. The van der Waals surface area contributed by atoms with Crippen molar-refractivity contribution in [2.45, 2.75) is 45.4 Å². The molecular formula is C15H23NO. The summed E-state index contributed by atoms with van der Waals surface area (Å²) in [6.07, 6.45) is 5.84. The summed E-state index contributed by atoms with van der Waals surface area (Å²) in [6, 6.07) is 8.03. The van der Waals surface area contributed by atoms with Gasteiger partial charge >= 0.3 is 0 Å². The van der Waals surface area contributed by atoms with Crippen molar-refractivity contribution in [2.75, 3.05) is 6.54 Å². The second kappa shape index (κ2) is 8.02. The van der Waals surface area contributed by atoms with E-state index in [9.17, 15) is 4.79 Å². The molecule has 2 N–H and O–H groups in total. The van der Waals surface area contributed by atoms with Gasteiger partial charge in [-0.2, -0.15) is 0 Å². The van der Waals surface area contributed by atoms with Crippen molar-refractivity contribution in [3.05, 3.63) is 35.4 Å². The fourth-order valence-corrected chi connectivity index (χ4v) is 1.94. The molecule has 1 rings (SSSR count). The zero-order chi connectivity index (χ0) is 12.5. The first kappa shape index (κ1) is 13.9. The smallest absolute Gasteiger partial charge is 0.162 e. The maximum atomic E-state index is 11.9. The van der Waals surface area contributed by atoms with Crippen molar-refractivity contribution in [3.63, 3.8) is 0 Å². The number of nitrogens with two attached hydrogens (primary N) is 1. The summed E-state index contributed by atoms with van der Waals surface area (Å²) in [6.45, 7) is 2.88. The minimum absolute atomic E-state index is 0.264. The van der Waals surface area contributed by atoms with Crippen LogP contribution in [0.2, 0.25) is 0 Å². The van der Waals surface area contributed by atoms with Crippen molar-refractivity contribution < 1.29 is 4.79 Å². The molecule has 1 aromatic rings. The van der Waals surface area contributed by atoms with Crippen LogP contribution in [0.4, 0.5) is 0 Å². The first-order chi connectivity index (χ1) is 8.27. The van der Waals surface area contributed by atoms with Gasteiger partial charge < -0.3 is 5.73 Å². The molecule has 0 saturated carbocycles. The Bertz CT molecular complexity index is 347. The van der Waals surface area contributed by atoms with Crippen molar-refractivity contribution in [1.29, 1.82) is 0 Å². The van der Waals surface area contributed by atoms with E-state index in [1.54, 1.807) is 0 Å². The van der Waals surface area contributed by atoms with E-state index in [2.05, 4.69) is 13.0 Å². The van der Waals surface area contributed by atoms with Crippen LogP contribution in [0.25, 0.3) is 0 Å². The Labute approximate surface area is 104 Å². The largest absolute Gasteiger partial charge is 0.330 e. The van der Waals surface area contributed by atoms with Crippen molar-refractivity contribution in [3.8, 4) is 0 Å². The van der Waals surface area contributed by atoms with Gasteiger partial charge in [0.25, 0.3) is 0 Å². The van der Waals surface area contributed by atoms with Gasteiger partial charge in [0.1, 0.15) is 0 Å². The Balaban J connectivity index is 2.47. The third-order valence-corrected chi connectivity index (χ3v) is 2.90. The Morgan fingerprint density at radius 3 is 2.76 bits per heavy atom. The molecule has 0 aliphatic heterocycles. The molecule has 0 aliphatic rings. The lowest BCUT2D eigenvalue weighted by atomic mass is 10.0. The fraction of sp³-hybridized carbons (Fsp3) is 0.533. The normalized spacial score (nSPS) is 10.5. The second-order valence-electron chi connectivity index (χ2n) is 4.47. The van der Waals surface area contributed by atoms with Gasteiger partial charge in [0.15, 0.2) is 5.78 Å². The molecule has 0 aliphatic carbocycles. The van der Waals surface area contributed by atoms with Gasteiger partial charge in [0.05, 0.1) is 0 Å². The molecule has 0 atom stereocenters. The first-order valence-electron chi connectivity index (χ1n) is 6.60. The minimum Gasteiger partial charge on any atom is -0.330 e. The molecule has 0 radical (unpaired) electrons. The van der Waals surface area contributed by atoms with Crippen molar-refractivity contribution in [2.24, 2.45) is 5.73 Å². The van der Waals surface area contributed by atoms with Crippen LogP contribution in [0, 0.1) is 0 Å². The van der Waals surface area contributed by atoms with E-state index in [0.717, 1.165) is 44.2 Å². The topological polar surface area (TPSA) is 43.1 Å². The molecule has 0 fully saturated rings. The van der Waals surface area contributed by atoms with Gasteiger partial charge in [-0.25, -0.2) is 0 Å². The number of unbranched alkanes of at least 4 members (excludes halogenated alkanes) is 2. The average Bonchev–Trinajstić information content (AvgIpc) is 2.35. The number of hydrogen-bond donors (Lipinski definition) is 1. The molecule has 2 heteroatoms.